The van der Waals surface area contributed by atoms with Crippen molar-refractivity contribution in [3.8, 4) is 0 Å². The Labute approximate surface area is 99.8 Å². The van der Waals surface area contributed by atoms with E-state index in [-0.39, 0.29) is 32.5 Å². The van der Waals surface area contributed by atoms with Crippen molar-refractivity contribution in [3.63, 3.8) is 0 Å². The van der Waals surface area contributed by atoms with Gasteiger partial charge < -0.3 is 5.11 Å². The molecule has 2 heterocycles. The number of alkyl halides is 3. The molecule has 0 spiro atoms. The third-order valence-corrected chi connectivity index (χ3v) is 3.13. The van der Waals surface area contributed by atoms with Gasteiger partial charge in [-0.25, -0.2) is 9.89 Å². The third kappa shape index (κ3) is 2.56. The fraction of sp³-hybridized carbons (Fsp3) is 0.778. The number of likely N-dealkylation sites (tertiary alicyclic amines) is 1. The molecule has 0 amide bonds. The van der Waals surface area contributed by atoms with Crippen molar-refractivity contribution in [1.82, 2.24) is 20.1 Å². The van der Waals surface area contributed by atoms with E-state index in [1.807, 2.05) is 0 Å². The lowest BCUT2D eigenvalue weighted by atomic mass is 9.91. The van der Waals surface area contributed by atoms with E-state index in [9.17, 15) is 23.1 Å². The molecule has 1 aliphatic rings. The van der Waals surface area contributed by atoms with Gasteiger partial charge in [-0.05, 0) is 12.8 Å². The van der Waals surface area contributed by atoms with Gasteiger partial charge in [0.15, 0.2) is 5.60 Å². The molecule has 3 N–H and O–H groups in total. The molecule has 6 nitrogen and oxygen atoms in total. The number of nitrogens with one attached hydrogen (secondary N) is 2. The summed E-state index contributed by atoms with van der Waals surface area (Å²) in [7, 11) is 0. The summed E-state index contributed by atoms with van der Waals surface area (Å²) in [6.07, 6.45) is -5.34. The maximum Gasteiger partial charge on any atom is 0.417 e. The molecule has 0 bridgehead atoms. The maximum absolute atomic E-state index is 12.5. The van der Waals surface area contributed by atoms with Crippen molar-refractivity contribution >= 4 is 0 Å². The minimum absolute atomic E-state index is 0.102. The smallest absolute Gasteiger partial charge is 0.380 e. The van der Waals surface area contributed by atoms with E-state index < -0.39 is 17.5 Å². The quantitative estimate of drug-likeness (QED) is 0.702. The van der Waals surface area contributed by atoms with Gasteiger partial charge in [-0.1, -0.05) is 0 Å². The molecule has 0 atom stereocenters. The minimum Gasteiger partial charge on any atom is -0.380 e. The zero-order valence-electron chi connectivity index (χ0n) is 9.42. The average molecular weight is 266 g/mol. The number of aromatic amines is 2. The molecule has 1 aromatic heterocycles. The molecule has 18 heavy (non-hydrogen) atoms. The van der Waals surface area contributed by atoms with Crippen LogP contribution >= 0.6 is 0 Å². The highest BCUT2D eigenvalue weighted by molar-refractivity contribution is 4.93. The second-order valence-corrected chi connectivity index (χ2v) is 4.43. The highest BCUT2D eigenvalue weighted by atomic mass is 19.4. The Morgan fingerprint density at radius 2 is 2.00 bits per heavy atom. The Morgan fingerprint density at radius 1 is 1.39 bits per heavy atom. The molecule has 9 heteroatoms. The van der Waals surface area contributed by atoms with E-state index in [1.54, 1.807) is 4.90 Å². The van der Waals surface area contributed by atoms with Gasteiger partial charge in [0, 0.05) is 13.1 Å². The van der Waals surface area contributed by atoms with Crippen LogP contribution < -0.4 is 5.69 Å². The number of aromatic nitrogens is 3. The standard InChI is InChI=1S/C9H13F3N4O2/c10-9(11,12)8(18)1-3-16(4-2-8)5-6-13-7(17)15-14-6/h18H,1-5H2,(H2,13,14,15,17). The topological polar surface area (TPSA) is 85.0 Å². The molecule has 0 saturated carbocycles. The summed E-state index contributed by atoms with van der Waals surface area (Å²) < 4.78 is 37.6. The van der Waals surface area contributed by atoms with Crippen molar-refractivity contribution < 1.29 is 18.3 Å². The fourth-order valence-electron chi connectivity index (χ4n) is 1.96. The van der Waals surface area contributed by atoms with Crippen LogP contribution in [0.4, 0.5) is 13.2 Å². The van der Waals surface area contributed by atoms with Crippen LogP contribution in [-0.4, -0.2) is 50.1 Å². The highest BCUT2D eigenvalue weighted by Crippen LogP contribution is 2.38. The van der Waals surface area contributed by atoms with Gasteiger partial charge in [0.1, 0.15) is 5.82 Å². The predicted molar refractivity (Wildman–Crippen MR) is 54.7 cm³/mol. The Hall–Kier alpha value is -1.35. The van der Waals surface area contributed by atoms with Gasteiger partial charge in [-0.3, -0.25) is 9.88 Å². The second kappa shape index (κ2) is 4.39. The van der Waals surface area contributed by atoms with Gasteiger partial charge in [0.25, 0.3) is 0 Å². The first-order chi connectivity index (χ1) is 8.30. The molecule has 2 rings (SSSR count). The zero-order chi connectivity index (χ0) is 13.4. The Bertz CT molecular complexity index is 459. The van der Waals surface area contributed by atoms with Gasteiger partial charge >= 0.3 is 11.9 Å². The third-order valence-electron chi connectivity index (χ3n) is 3.13. The van der Waals surface area contributed by atoms with E-state index >= 15 is 0 Å². The van der Waals surface area contributed by atoms with E-state index in [1.165, 1.54) is 0 Å². The van der Waals surface area contributed by atoms with Gasteiger partial charge in [0.2, 0.25) is 0 Å². The van der Waals surface area contributed by atoms with Crippen molar-refractivity contribution in [3.05, 3.63) is 16.3 Å². The normalized spacial score (nSPS) is 21.1. The van der Waals surface area contributed by atoms with Crippen LogP contribution in [0.5, 0.6) is 0 Å². The molecule has 0 aliphatic carbocycles. The van der Waals surface area contributed by atoms with Crippen LogP contribution in [0.2, 0.25) is 0 Å². The fourth-order valence-corrected chi connectivity index (χ4v) is 1.96. The molecule has 102 valence electrons. The van der Waals surface area contributed by atoms with Crippen LogP contribution in [0.1, 0.15) is 18.7 Å². The lowest BCUT2D eigenvalue weighted by molar-refractivity contribution is -0.272. The number of hydrogen-bond acceptors (Lipinski definition) is 4. The average Bonchev–Trinajstić information content (AvgIpc) is 2.66. The van der Waals surface area contributed by atoms with Crippen LogP contribution in [0, 0.1) is 0 Å². The second-order valence-electron chi connectivity index (χ2n) is 4.43. The summed E-state index contributed by atoms with van der Waals surface area (Å²) in [5.41, 5.74) is -3.04. The molecule has 1 saturated heterocycles. The van der Waals surface area contributed by atoms with Crippen molar-refractivity contribution in [1.29, 1.82) is 0 Å². The first kappa shape index (κ1) is 13.1. The number of hydrogen-bond donors (Lipinski definition) is 3. The van der Waals surface area contributed by atoms with Gasteiger partial charge in [0.05, 0.1) is 6.54 Å². The SMILES string of the molecule is O=c1[nH]nc(CN2CCC(O)(C(F)(F)F)CC2)[nH]1. The number of nitrogens with zero attached hydrogens (tertiary/aromatic N) is 2. The monoisotopic (exact) mass is 266 g/mol. The van der Waals surface area contributed by atoms with E-state index in [4.69, 9.17) is 0 Å². The summed E-state index contributed by atoms with van der Waals surface area (Å²) in [5, 5.41) is 15.3. The van der Waals surface area contributed by atoms with E-state index in [2.05, 4.69) is 15.2 Å². The zero-order valence-corrected chi connectivity index (χ0v) is 9.42. The Balaban J connectivity index is 1.93. The lowest BCUT2D eigenvalue weighted by Crippen LogP contribution is -2.53. The minimum atomic E-state index is -4.60. The Morgan fingerprint density at radius 3 is 2.44 bits per heavy atom. The number of halogens is 3. The number of rotatable bonds is 2. The lowest BCUT2D eigenvalue weighted by Gasteiger charge is -2.38. The van der Waals surface area contributed by atoms with Crippen LogP contribution in [0.15, 0.2) is 4.79 Å². The van der Waals surface area contributed by atoms with E-state index in [0.717, 1.165) is 0 Å². The van der Waals surface area contributed by atoms with Crippen molar-refractivity contribution in [2.75, 3.05) is 13.1 Å². The number of piperidine rings is 1. The van der Waals surface area contributed by atoms with Crippen LogP contribution in [-0.2, 0) is 6.54 Å². The van der Waals surface area contributed by atoms with Crippen molar-refractivity contribution in [2.24, 2.45) is 0 Å². The molecular weight excluding hydrogens is 253 g/mol. The van der Waals surface area contributed by atoms with Crippen molar-refractivity contribution in [2.45, 2.75) is 31.2 Å². The molecule has 1 aromatic rings. The van der Waals surface area contributed by atoms with Crippen LogP contribution in [0.3, 0.4) is 0 Å². The molecular formula is C9H13F3N4O2. The first-order valence-electron chi connectivity index (χ1n) is 5.45. The predicted octanol–water partition coefficient (Wildman–Crippen LogP) is -0.0128. The number of aliphatic hydroxyl groups is 1. The summed E-state index contributed by atoms with van der Waals surface area (Å²) in [5.74, 6) is 0.373. The summed E-state index contributed by atoms with van der Waals surface area (Å²) in [4.78, 5) is 14.9. The van der Waals surface area contributed by atoms with Gasteiger partial charge in [-0.2, -0.15) is 18.3 Å². The molecule has 0 aromatic carbocycles. The Kier molecular flexibility index (Phi) is 3.20. The molecule has 1 fully saturated rings. The summed E-state index contributed by atoms with van der Waals surface area (Å²) in [6, 6.07) is 0. The molecule has 0 radical (unpaired) electrons. The summed E-state index contributed by atoms with van der Waals surface area (Å²) in [6.45, 7) is 0.461. The molecule has 1 aliphatic heterocycles. The number of H-pyrrole nitrogens is 2. The first-order valence-corrected chi connectivity index (χ1v) is 5.45. The van der Waals surface area contributed by atoms with Gasteiger partial charge in [-0.15, -0.1) is 0 Å². The van der Waals surface area contributed by atoms with E-state index in [0.29, 0.717) is 5.82 Å². The van der Waals surface area contributed by atoms with Crippen LogP contribution in [0.25, 0.3) is 0 Å². The largest absolute Gasteiger partial charge is 0.417 e. The molecule has 0 unspecified atom stereocenters. The maximum atomic E-state index is 12.5. The summed E-state index contributed by atoms with van der Waals surface area (Å²) >= 11 is 0. The highest BCUT2D eigenvalue weighted by Gasteiger charge is 2.54.